The van der Waals surface area contributed by atoms with Crippen LogP contribution in [0.3, 0.4) is 0 Å². The number of rotatable bonds is 4. The molecule has 0 heterocycles. The van der Waals surface area contributed by atoms with Crippen molar-refractivity contribution in [2.75, 3.05) is 13.2 Å². The lowest BCUT2D eigenvalue weighted by Gasteiger charge is -2.10. The Morgan fingerprint density at radius 3 is 2.57 bits per heavy atom. The van der Waals surface area contributed by atoms with E-state index in [1.54, 1.807) is 0 Å². The Morgan fingerprint density at radius 1 is 1.24 bits per heavy atom. The van der Waals surface area contributed by atoms with Gasteiger partial charge in [0, 0.05) is 0 Å². The molecule has 3 N–H and O–H groups in total. The molecule has 0 unspecified atom stereocenters. The number of nitrogens with one attached hydrogen (secondary N) is 2. The molecule has 0 fully saturated rings. The number of carbonyl (C=O) groups excluding carboxylic acids is 2. The maximum atomic E-state index is 12.4. The largest absolute Gasteiger partial charge is 0.446 e. The molecule has 0 saturated heterocycles. The summed E-state index contributed by atoms with van der Waals surface area (Å²) < 4.78 is 46.3. The molecule has 0 saturated carbocycles. The molecule has 0 aromatic heterocycles. The van der Waals surface area contributed by atoms with Crippen molar-refractivity contribution in [3.05, 3.63) is 29.8 Å². The van der Waals surface area contributed by atoms with Gasteiger partial charge in [0.15, 0.2) is 0 Å². The third-order valence-corrected chi connectivity index (χ3v) is 2.07. The average Bonchev–Trinajstić information content (AvgIpc) is 2.42. The number of hydroxylamine groups is 1. The van der Waals surface area contributed by atoms with Gasteiger partial charge in [-0.3, -0.25) is 5.21 Å². The molecule has 0 atom stereocenters. The topological polar surface area (TPSA) is 96.9 Å². The standard InChI is InChI=1S/C11H11F3N2O5/c12-11(13,14)7-2-1-3-8(6-7)21-9(17)15-4-5-20-10(18)16-19/h1-3,6,19H,4-5H2,(H,15,17)(H,16,18). The van der Waals surface area contributed by atoms with Crippen LogP contribution in [0.4, 0.5) is 22.8 Å². The van der Waals surface area contributed by atoms with Gasteiger partial charge in [-0.2, -0.15) is 13.2 Å². The van der Waals surface area contributed by atoms with E-state index in [9.17, 15) is 22.8 Å². The first-order valence-electron chi connectivity index (χ1n) is 5.52. The molecular formula is C11H11F3N2O5. The third kappa shape index (κ3) is 5.99. The van der Waals surface area contributed by atoms with Gasteiger partial charge < -0.3 is 14.8 Å². The lowest BCUT2D eigenvalue weighted by atomic mass is 10.2. The second kappa shape index (κ2) is 7.33. The van der Waals surface area contributed by atoms with Crippen LogP contribution in [0.25, 0.3) is 0 Å². The highest BCUT2D eigenvalue weighted by Crippen LogP contribution is 2.31. The van der Waals surface area contributed by atoms with Gasteiger partial charge in [-0.25, -0.2) is 15.1 Å². The monoisotopic (exact) mass is 308 g/mol. The zero-order valence-electron chi connectivity index (χ0n) is 10.4. The first-order valence-corrected chi connectivity index (χ1v) is 5.52. The number of hydrogen-bond acceptors (Lipinski definition) is 5. The van der Waals surface area contributed by atoms with E-state index < -0.39 is 23.9 Å². The minimum atomic E-state index is -4.54. The molecule has 10 heteroatoms. The van der Waals surface area contributed by atoms with Crippen molar-refractivity contribution in [1.29, 1.82) is 0 Å². The van der Waals surface area contributed by atoms with E-state index in [-0.39, 0.29) is 18.9 Å². The Morgan fingerprint density at radius 2 is 1.95 bits per heavy atom. The predicted octanol–water partition coefficient (Wildman–Crippen LogP) is 1.91. The van der Waals surface area contributed by atoms with E-state index in [0.29, 0.717) is 6.07 Å². The minimum Gasteiger partial charge on any atom is -0.446 e. The molecule has 0 aliphatic rings. The number of halogens is 3. The van der Waals surface area contributed by atoms with E-state index in [1.807, 2.05) is 0 Å². The van der Waals surface area contributed by atoms with E-state index in [0.717, 1.165) is 12.1 Å². The van der Waals surface area contributed by atoms with Crippen LogP contribution in [0.2, 0.25) is 0 Å². The first kappa shape index (κ1) is 16.6. The summed E-state index contributed by atoms with van der Waals surface area (Å²) in [5.41, 5.74) is 0.253. The Hall–Kier alpha value is -2.49. The molecule has 1 rings (SSSR count). The maximum absolute atomic E-state index is 12.4. The first-order chi connectivity index (χ1) is 9.82. The molecular weight excluding hydrogens is 297 g/mol. The van der Waals surface area contributed by atoms with Crippen LogP contribution in [0.5, 0.6) is 5.75 Å². The van der Waals surface area contributed by atoms with Gasteiger partial charge in [0.1, 0.15) is 12.4 Å². The Kier molecular flexibility index (Phi) is 5.79. The van der Waals surface area contributed by atoms with Gasteiger partial charge >= 0.3 is 18.4 Å². The van der Waals surface area contributed by atoms with E-state index in [1.165, 1.54) is 11.5 Å². The van der Waals surface area contributed by atoms with Crippen molar-refractivity contribution in [2.24, 2.45) is 0 Å². The number of carbonyl (C=O) groups is 2. The summed E-state index contributed by atoms with van der Waals surface area (Å²) in [5, 5.41) is 10.2. The van der Waals surface area contributed by atoms with E-state index in [4.69, 9.17) is 5.21 Å². The summed E-state index contributed by atoms with van der Waals surface area (Å²) in [6.45, 7) is -0.407. The molecule has 0 bridgehead atoms. The Balaban J connectivity index is 2.43. The third-order valence-electron chi connectivity index (χ3n) is 2.07. The van der Waals surface area contributed by atoms with Crippen LogP contribution in [0.15, 0.2) is 24.3 Å². The highest BCUT2D eigenvalue weighted by atomic mass is 19.4. The molecule has 1 aromatic rings. The molecule has 0 aliphatic carbocycles. The highest BCUT2D eigenvalue weighted by Gasteiger charge is 2.30. The van der Waals surface area contributed by atoms with E-state index >= 15 is 0 Å². The molecule has 0 spiro atoms. The van der Waals surface area contributed by atoms with Crippen LogP contribution in [-0.2, 0) is 10.9 Å². The van der Waals surface area contributed by atoms with Gasteiger partial charge in [0.2, 0.25) is 0 Å². The molecule has 2 amide bonds. The number of ether oxygens (including phenoxy) is 2. The highest BCUT2D eigenvalue weighted by molar-refractivity contribution is 5.70. The van der Waals surface area contributed by atoms with Crippen LogP contribution >= 0.6 is 0 Å². The summed E-state index contributed by atoms with van der Waals surface area (Å²) in [5.74, 6) is -0.281. The van der Waals surface area contributed by atoms with Crippen molar-refractivity contribution in [3.8, 4) is 5.75 Å². The summed E-state index contributed by atoms with van der Waals surface area (Å²) in [6, 6.07) is 3.80. The molecule has 7 nitrogen and oxygen atoms in total. The molecule has 1 aromatic carbocycles. The molecule has 21 heavy (non-hydrogen) atoms. The van der Waals surface area contributed by atoms with Crippen molar-refractivity contribution in [1.82, 2.24) is 10.8 Å². The van der Waals surface area contributed by atoms with Crippen molar-refractivity contribution < 1.29 is 37.4 Å². The van der Waals surface area contributed by atoms with Crippen LogP contribution in [0, 0.1) is 0 Å². The lowest BCUT2D eigenvalue weighted by molar-refractivity contribution is -0.137. The number of alkyl halides is 3. The Bertz CT molecular complexity index is 507. The van der Waals surface area contributed by atoms with Crippen molar-refractivity contribution in [2.45, 2.75) is 6.18 Å². The zero-order valence-corrected chi connectivity index (χ0v) is 10.4. The van der Waals surface area contributed by atoms with E-state index in [2.05, 4.69) is 14.8 Å². The fourth-order valence-corrected chi connectivity index (χ4v) is 1.21. The molecule has 116 valence electrons. The summed E-state index contributed by atoms with van der Waals surface area (Å²) in [4.78, 5) is 21.7. The smallest absolute Gasteiger partial charge is 0.431 e. The van der Waals surface area contributed by atoms with Crippen molar-refractivity contribution in [3.63, 3.8) is 0 Å². The predicted molar refractivity (Wildman–Crippen MR) is 61.7 cm³/mol. The fraction of sp³-hybridized carbons (Fsp3) is 0.273. The molecule has 0 aliphatic heterocycles. The minimum absolute atomic E-state index is 0.148. The van der Waals surface area contributed by atoms with Gasteiger partial charge in [-0.05, 0) is 18.2 Å². The summed E-state index contributed by atoms with van der Waals surface area (Å²) in [6.07, 6.45) is -6.66. The summed E-state index contributed by atoms with van der Waals surface area (Å²) in [7, 11) is 0. The molecule has 0 radical (unpaired) electrons. The van der Waals surface area contributed by atoms with Gasteiger partial charge in [0.05, 0.1) is 12.1 Å². The quantitative estimate of drug-likeness (QED) is 0.448. The fourth-order valence-electron chi connectivity index (χ4n) is 1.21. The van der Waals surface area contributed by atoms with Crippen LogP contribution in [-0.4, -0.2) is 30.5 Å². The second-order valence-electron chi connectivity index (χ2n) is 3.59. The normalized spacial score (nSPS) is 10.7. The number of hydrogen-bond donors (Lipinski definition) is 3. The SMILES string of the molecule is O=C(NO)OCCNC(=O)Oc1cccc(C(F)(F)F)c1. The average molecular weight is 308 g/mol. The second-order valence-corrected chi connectivity index (χ2v) is 3.59. The zero-order chi connectivity index (χ0) is 15.9. The summed E-state index contributed by atoms with van der Waals surface area (Å²) >= 11 is 0. The number of amides is 2. The van der Waals surface area contributed by atoms with Gasteiger partial charge in [-0.1, -0.05) is 6.07 Å². The van der Waals surface area contributed by atoms with Crippen molar-refractivity contribution >= 4 is 12.2 Å². The van der Waals surface area contributed by atoms with Crippen LogP contribution in [0.1, 0.15) is 5.56 Å². The number of benzene rings is 1. The maximum Gasteiger partial charge on any atom is 0.431 e. The lowest BCUT2D eigenvalue weighted by Crippen LogP contribution is -2.32. The van der Waals surface area contributed by atoms with Crippen LogP contribution < -0.4 is 15.5 Å². The Labute approximate surface area is 116 Å². The van der Waals surface area contributed by atoms with Gasteiger partial charge in [0.25, 0.3) is 0 Å². The van der Waals surface area contributed by atoms with Gasteiger partial charge in [-0.15, -0.1) is 0 Å².